The summed E-state index contributed by atoms with van der Waals surface area (Å²) in [7, 11) is 0. The molecule has 1 heterocycles. The number of nitrogens with zero attached hydrogens (tertiary/aromatic N) is 3. The highest BCUT2D eigenvalue weighted by atomic mass is 16.6. The van der Waals surface area contributed by atoms with E-state index in [1.807, 2.05) is 4.90 Å². The Hall–Kier alpha value is -2.15. The van der Waals surface area contributed by atoms with Gasteiger partial charge < -0.3 is 10.0 Å². The number of carboxylic acid groups (broad SMARTS) is 1. The first-order chi connectivity index (χ1) is 9.58. The van der Waals surface area contributed by atoms with Gasteiger partial charge in [-0.2, -0.15) is 0 Å². The van der Waals surface area contributed by atoms with Crippen LogP contribution in [0.1, 0.15) is 6.42 Å². The molecule has 0 aromatic heterocycles. The fourth-order valence-electron chi connectivity index (χ4n) is 2.35. The third kappa shape index (κ3) is 3.45. The van der Waals surface area contributed by atoms with Crippen LogP contribution in [0.25, 0.3) is 0 Å². The Morgan fingerprint density at radius 2 is 1.90 bits per heavy atom. The predicted molar refractivity (Wildman–Crippen MR) is 74.0 cm³/mol. The second-order valence-electron chi connectivity index (χ2n) is 4.72. The number of hydrogen-bond donors (Lipinski definition) is 1. The van der Waals surface area contributed by atoms with Gasteiger partial charge in [0.15, 0.2) is 0 Å². The molecular formula is C13H17N3O4. The minimum absolute atomic E-state index is 0.117. The van der Waals surface area contributed by atoms with Crippen LogP contribution in [0.4, 0.5) is 11.4 Å². The van der Waals surface area contributed by atoms with Crippen LogP contribution >= 0.6 is 0 Å². The molecule has 108 valence electrons. The molecule has 1 saturated heterocycles. The van der Waals surface area contributed by atoms with E-state index in [4.69, 9.17) is 5.11 Å². The maximum absolute atomic E-state index is 11.0. The van der Waals surface area contributed by atoms with E-state index >= 15 is 0 Å². The molecule has 0 atom stereocenters. The summed E-state index contributed by atoms with van der Waals surface area (Å²) < 4.78 is 0. The van der Waals surface area contributed by atoms with Crippen molar-refractivity contribution >= 4 is 17.3 Å². The van der Waals surface area contributed by atoms with Crippen molar-refractivity contribution in [2.45, 2.75) is 6.42 Å². The zero-order valence-electron chi connectivity index (χ0n) is 11.1. The Balaban J connectivity index is 1.97. The molecule has 1 aliphatic rings. The molecule has 20 heavy (non-hydrogen) atoms. The van der Waals surface area contributed by atoms with Crippen LogP contribution in [0.3, 0.4) is 0 Å². The Kier molecular flexibility index (Phi) is 4.52. The number of carboxylic acids is 1. The quantitative estimate of drug-likeness (QED) is 0.643. The van der Waals surface area contributed by atoms with E-state index in [0.29, 0.717) is 25.3 Å². The number of benzene rings is 1. The Morgan fingerprint density at radius 3 is 2.50 bits per heavy atom. The maximum atomic E-state index is 11.0. The van der Waals surface area contributed by atoms with Gasteiger partial charge >= 0.3 is 5.97 Å². The van der Waals surface area contributed by atoms with E-state index in [0.717, 1.165) is 13.1 Å². The normalized spacial score (nSPS) is 16.1. The van der Waals surface area contributed by atoms with Crippen LogP contribution in [-0.2, 0) is 4.79 Å². The number of aliphatic carboxylic acids is 1. The molecule has 1 aromatic rings. The fourth-order valence-corrected chi connectivity index (χ4v) is 2.35. The number of hydrogen-bond acceptors (Lipinski definition) is 5. The minimum Gasteiger partial charge on any atom is -0.481 e. The number of nitro groups is 1. The second kappa shape index (κ2) is 6.33. The van der Waals surface area contributed by atoms with Crippen molar-refractivity contribution in [2.75, 3.05) is 37.6 Å². The van der Waals surface area contributed by atoms with Gasteiger partial charge in [0.1, 0.15) is 5.69 Å². The van der Waals surface area contributed by atoms with Crippen molar-refractivity contribution in [2.24, 2.45) is 0 Å². The first-order valence-electron chi connectivity index (χ1n) is 6.50. The van der Waals surface area contributed by atoms with Crippen molar-refractivity contribution in [3.63, 3.8) is 0 Å². The molecule has 2 rings (SSSR count). The van der Waals surface area contributed by atoms with Crippen molar-refractivity contribution in [3.8, 4) is 0 Å². The van der Waals surface area contributed by atoms with E-state index in [-0.39, 0.29) is 17.0 Å². The van der Waals surface area contributed by atoms with Gasteiger partial charge in [-0.3, -0.25) is 19.8 Å². The summed E-state index contributed by atoms with van der Waals surface area (Å²) >= 11 is 0. The van der Waals surface area contributed by atoms with Gasteiger partial charge in [0.2, 0.25) is 0 Å². The summed E-state index contributed by atoms with van der Waals surface area (Å²) in [6.45, 7) is 3.31. The molecule has 1 N–H and O–H groups in total. The molecule has 0 radical (unpaired) electrons. The minimum atomic E-state index is -0.800. The summed E-state index contributed by atoms with van der Waals surface area (Å²) in [4.78, 5) is 25.2. The van der Waals surface area contributed by atoms with Crippen molar-refractivity contribution < 1.29 is 14.8 Å². The Bertz CT molecular complexity index is 498. The first kappa shape index (κ1) is 14.3. The van der Waals surface area contributed by atoms with E-state index in [9.17, 15) is 14.9 Å². The lowest BCUT2D eigenvalue weighted by Crippen LogP contribution is -2.47. The summed E-state index contributed by atoms with van der Waals surface area (Å²) in [5, 5.41) is 19.7. The number of anilines is 1. The predicted octanol–water partition coefficient (Wildman–Crippen LogP) is 1.19. The molecule has 1 aromatic carbocycles. The van der Waals surface area contributed by atoms with Crippen LogP contribution in [0.5, 0.6) is 0 Å². The van der Waals surface area contributed by atoms with Gasteiger partial charge in [0, 0.05) is 38.8 Å². The molecule has 7 heteroatoms. The van der Waals surface area contributed by atoms with Crippen LogP contribution in [0.15, 0.2) is 24.3 Å². The number of piperazine rings is 1. The molecule has 0 spiro atoms. The van der Waals surface area contributed by atoms with E-state index < -0.39 is 5.97 Å². The Morgan fingerprint density at radius 1 is 1.25 bits per heavy atom. The molecule has 1 aliphatic heterocycles. The molecule has 7 nitrogen and oxygen atoms in total. The SMILES string of the molecule is O=C(O)CCN1CCN(c2ccccc2[N+](=O)[O-])CC1. The van der Waals surface area contributed by atoms with Crippen molar-refractivity contribution in [1.29, 1.82) is 0 Å². The lowest BCUT2D eigenvalue weighted by Gasteiger charge is -2.35. The monoisotopic (exact) mass is 279 g/mol. The second-order valence-corrected chi connectivity index (χ2v) is 4.72. The van der Waals surface area contributed by atoms with E-state index in [2.05, 4.69) is 4.90 Å². The van der Waals surface area contributed by atoms with Gasteiger partial charge in [-0.05, 0) is 6.07 Å². The highest BCUT2D eigenvalue weighted by Gasteiger charge is 2.23. The molecule has 0 unspecified atom stereocenters. The largest absolute Gasteiger partial charge is 0.481 e. The molecule has 0 amide bonds. The van der Waals surface area contributed by atoms with E-state index in [1.165, 1.54) is 6.07 Å². The maximum Gasteiger partial charge on any atom is 0.304 e. The first-order valence-corrected chi connectivity index (χ1v) is 6.50. The zero-order chi connectivity index (χ0) is 14.5. The lowest BCUT2D eigenvalue weighted by molar-refractivity contribution is -0.384. The highest BCUT2D eigenvalue weighted by molar-refractivity contribution is 5.67. The number of carbonyl (C=O) groups is 1. The number of nitro benzene ring substituents is 1. The topological polar surface area (TPSA) is 86.9 Å². The number of rotatable bonds is 5. The third-order valence-corrected chi connectivity index (χ3v) is 3.43. The molecule has 1 fully saturated rings. The van der Waals surface area contributed by atoms with Gasteiger partial charge in [-0.1, -0.05) is 12.1 Å². The van der Waals surface area contributed by atoms with Gasteiger partial charge in [0.25, 0.3) is 5.69 Å². The van der Waals surface area contributed by atoms with Crippen molar-refractivity contribution in [1.82, 2.24) is 4.90 Å². The van der Waals surface area contributed by atoms with E-state index in [1.54, 1.807) is 18.2 Å². The van der Waals surface area contributed by atoms with Gasteiger partial charge in [-0.25, -0.2) is 0 Å². The molecular weight excluding hydrogens is 262 g/mol. The average molecular weight is 279 g/mol. The summed E-state index contributed by atoms with van der Waals surface area (Å²) in [6.07, 6.45) is 0.130. The average Bonchev–Trinajstić information content (AvgIpc) is 2.45. The summed E-state index contributed by atoms with van der Waals surface area (Å²) in [6, 6.07) is 6.71. The summed E-state index contributed by atoms with van der Waals surface area (Å²) in [5.74, 6) is -0.800. The van der Waals surface area contributed by atoms with Crippen LogP contribution in [0, 0.1) is 10.1 Å². The zero-order valence-corrected chi connectivity index (χ0v) is 11.1. The molecule has 0 bridgehead atoms. The summed E-state index contributed by atoms with van der Waals surface area (Å²) in [5.41, 5.74) is 0.752. The Labute approximate surface area is 116 Å². The van der Waals surface area contributed by atoms with Crippen LogP contribution in [-0.4, -0.2) is 53.6 Å². The fraction of sp³-hybridized carbons (Fsp3) is 0.462. The lowest BCUT2D eigenvalue weighted by atomic mass is 10.2. The third-order valence-electron chi connectivity index (χ3n) is 3.43. The molecule has 0 aliphatic carbocycles. The van der Waals surface area contributed by atoms with Crippen molar-refractivity contribution in [3.05, 3.63) is 34.4 Å². The highest BCUT2D eigenvalue weighted by Crippen LogP contribution is 2.28. The number of para-hydroxylation sites is 2. The smallest absolute Gasteiger partial charge is 0.304 e. The standard InChI is InChI=1S/C13H17N3O4/c17-13(18)5-6-14-7-9-15(10-8-14)11-3-1-2-4-12(11)16(19)20/h1-4H,5-10H2,(H,17,18). The van der Waals surface area contributed by atoms with Gasteiger partial charge in [-0.15, -0.1) is 0 Å². The molecule has 0 saturated carbocycles. The van der Waals surface area contributed by atoms with Crippen LogP contribution in [0.2, 0.25) is 0 Å². The van der Waals surface area contributed by atoms with Gasteiger partial charge in [0.05, 0.1) is 11.3 Å². The van der Waals surface area contributed by atoms with Crippen LogP contribution < -0.4 is 4.90 Å².